The van der Waals surface area contributed by atoms with Crippen LogP contribution in [0.25, 0.3) is 0 Å². The smallest absolute Gasteiger partial charge is 0.251 e. The number of nitrogens with one attached hydrogen (secondary N) is 1. The number of carbonyl (C=O) groups excluding carboxylic acids is 3. The van der Waals surface area contributed by atoms with Gasteiger partial charge in [-0.1, -0.05) is 15.9 Å². The average molecular weight is 474 g/mol. The molecule has 0 bridgehead atoms. The molecule has 8 heteroatoms. The summed E-state index contributed by atoms with van der Waals surface area (Å²) in [6.45, 7) is 0.946. The summed E-state index contributed by atoms with van der Waals surface area (Å²) >= 11 is 3.42. The molecular weight excluding hydrogens is 450 g/mol. The molecule has 3 rings (SSSR count). The number of carbonyl (C=O) groups is 3. The lowest BCUT2D eigenvalue weighted by molar-refractivity contribution is -0.129. The number of hydrogen-bond donors (Lipinski definition) is 1. The van der Waals surface area contributed by atoms with E-state index in [2.05, 4.69) is 21.2 Å². The van der Waals surface area contributed by atoms with Crippen molar-refractivity contribution in [3.05, 3.63) is 58.1 Å². The Morgan fingerprint density at radius 1 is 1.20 bits per heavy atom. The topological polar surface area (TPSA) is 79.0 Å². The largest absolute Gasteiger partial charge is 0.496 e. The van der Waals surface area contributed by atoms with Gasteiger partial charge in [-0.05, 0) is 48.9 Å². The fourth-order valence-electron chi connectivity index (χ4n) is 3.32. The predicted octanol–water partition coefficient (Wildman–Crippen LogP) is 2.97. The fourth-order valence-corrected chi connectivity index (χ4v) is 3.73. The highest BCUT2D eigenvalue weighted by Gasteiger charge is 2.22. The van der Waals surface area contributed by atoms with Crippen molar-refractivity contribution in [3.8, 4) is 5.75 Å². The Morgan fingerprint density at radius 2 is 1.93 bits per heavy atom. The van der Waals surface area contributed by atoms with Crippen LogP contribution in [0.3, 0.4) is 0 Å². The number of halogens is 1. The van der Waals surface area contributed by atoms with Crippen molar-refractivity contribution in [2.24, 2.45) is 0 Å². The number of anilines is 1. The second-order valence-corrected chi connectivity index (χ2v) is 8.00. The van der Waals surface area contributed by atoms with Gasteiger partial charge in [0.05, 0.1) is 13.7 Å². The van der Waals surface area contributed by atoms with Crippen LogP contribution in [-0.2, 0) is 16.1 Å². The van der Waals surface area contributed by atoms with Gasteiger partial charge in [-0.25, -0.2) is 0 Å². The van der Waals surface area contributed by atoms with E-state index in [4.69, 9.17) is 4.74 Å². The van der Waals surface area contributed by atoms with Gasteiger partial charge in [-0.3, -0.25) is 14.4 Å². The quantitative estimate of drug-likeness (QED) is 0.670. The lowest BCUT2D eigenvalue weighted by Gasteiger charge is -2.19. The monoisotopic (exact) mass is 473 g/mol. The molecule has 0 saturated carbocycles. The summed E-state index contributed by atoms with van der Waals surface area (Å²) in [5.41, 5.74) is 2.09. The maximum Gasteiger partial charge on any atom is 0.251 e. The number of hydrogen-bond acceptors (Lipinski definition) is 4. The molecule has 1 aliphatic rings. The molecule has 0 unspecified atom stereocenters. The lowest BCUT2D eigenvalue weighted by Crippen LogP contribution is -2.37. The van der Waals surface area contributed by atoms with Crippen molar-refractivity contribution in [2.45, 2.75) is 19.4 Å². The molecule has 2 aromatic rings. The molecule has 0 aromatic heterocycles. The van der Waals surface area contributed by atoms with Gasteiger partial charge in [0.2, 0.25) is 11.8 Å². The maximum absolute atomic E-state index is 12.4. The minimum Gasteiger partial charge on any atom is -0.496 e. The Labute approximate surface area is 184 Å². The first-order valence-electron chi connectivity index (χ1n) is 9.64. The first-order chi connectivity index (χ1) is 14.4. The maximum atomic E-state index is 12.4. The zero-order valence-corrected chi connectivity index (χ0v) is 18.6. The number of ether oxygens (including phenoxy) is 1. The third-order valence-electron chi connectivity index (χ3n) is 4.99. The summed E-state index contributed by atoms with van der Waals surface area (Å²) in [5.74, 6) is 0.238. The standard InChI is InChI=1S/C22H24BrN3O4/c1-25(14-16-12-17(23)7-10-19(16)30-2)21(28)13-24-22(29)15-5-8-18(9-6-15)26-11-3-4-20(26)27/h5-10,12H,3-4,11,13-14H2,1-2H3,(H,24,29). The van der Waals surface area contributed by atoms with Crippen molar-refractivity contribution in [1.82, 2.24) is 10.2 Å². The van der Waals surface area contributed by atoms with Crippen LogP contribution in [0.5, 0.6) is 5.75 Å². The van der Waals surface area contributed by atoms with Crippen LogP contribution in [0.15, 0.2) is 46.9 Å². The van der Waals surface area contributed by atoms with Crippen LogP contribution >= 0.6 is 15.9 Å². The highest BCUT2D eigenvalue weighted by atomic mass is 79.9. The van der Waals surface area contributed by atoms with E-state index in [9.17, 15) is 14.4 Å². The average Bonchev–Trinajstić information content (AvgIpc) is 3.17. The lowest BCUT2D eigenvalue weighted by atomic mass is 10.2. The molecule has 0 radical (unpaired) electrons. The second kappa shape index (κ2) is 9.75. The third-order valence-corrected chi connectivity index (χ3v) is 5.48. The predicted molar refractivity (Wildman–Crippen MR) is 118 cm³/mol. The SMILES string of the molecule is COc1ccc(Br)cc1CN(C)C(=O)CNC(=O)c1ccc(N2CCCC2=O)cc1. The molecule has 158 valence electrons. The summed E-state index contributed by atoms with van der Waals surface area (Å²) in [5, 5.41) is 2.65. The first kappa shape index (κ1) is 21.8. The van der Waals surface area contributed by atoms with Gasteiger partial charge in [0, 0.05) is 47.8 Å². The fraction of sp³-hybridized carbons (Fsp3) is 0.318. The molecular formula is C22H24BrN3O4. The van der Waals surface area contributed by atoms with Crippen molar-refractivity contribution in [1.29, 1.82) is 0 Å². The van der Waals surface area contributed by atoms with E-state index in [0.29, 0.717) is 30.8 Å². The number of rotatable bonds is 7. The molecule has 1 N–H and O–H groups in total. The highest BCUT2D eigenvalue weighted by molar-refractivity contribution is 9.10. The van der Waals surface area contributed by atoms with E-state index in [1.807, 2.05) is 18.2 Å². The van der Waals surface area contributed by atoms with Crippen molar-refractivity contribution in [3.63, 3.8) is 0 Å². The molecule has 0 atom stereocenters. The van der Waals surface area contributed by atoms with Crippen LogP contribution in [0.1, 0.15) is 28.8 Å². The number of amides is 3. The summed E-state index contributed by atoms with van der Waals surface area (Å²) in [4.78, 5) is 39.9. The molecule has 1 fully saturated rings. The molecule has 2 aromatic carbocycles. The van der Waals surface area contributed by atoms with E-state index < -0.39 is 0 Å². The summed E-state index contributed by atoms with van der Waals surface area (Å²) < 4.78 is 6.23. The minimum absolute atomic E-state index is 0.0999. The molecule has 1 heterocycles. The number of nitrogens with zero attached hydrogens (tertiary/aromatic N) is 2. The second-order valence-electron chi connectivity index (χ2n) is 7.08. The Balaban J connectivity index is 1.54. The number of benzene rings is 2. The molecule has 0 aliphatic carbocycles. The number of methoxy groups -OCH3 is 1. The van der Waals surface area contributed by atoms with Gasteiger partial charge in [0.25, 0.3) is 5.91 Å². The van der Waals surface area contributed by atoms with E-state index in [1.165, 1.54) is 4.90 Å². The van der Waals surface area contributed by atoms with E-state index in [0.717, 1.165) is 22.1 Å². The molecule has 7 nitrogen and oxygen atoms in total. The van der Waals surface area contributed by atoms with Gasteiger partial charge in [0.15, 0.2) is 0 Å². The van der Waals surface area contributed by atoms with Crippen molar-refractivity contribution < 1.29 is 19.1 Å². The Kier molecular flexibility index (Phi) is 7.10. The molecule has 0 spiro atoms. The molecule has 30 heavy (non-hydrogen) atoms. The first-order valence-corrected chi connectivity index (χ1v) is 10.4. The van der Waals surface area contributed by atoms with Gasteiger partial charge < -0.3 is 19.9 Å². The molecule has 1 saturated heterocycles. The van der Waals surface area contributed by atoms with Crippen LogP contribution in [0.2, 0.25) is 0 Å². The summed E-state index contributed by atoms with van der Waals surface area (Å²) in [6, 6.07) is 12.4. The van der Waals surface area contributed by atoms with E-state index in [1.54, 1.807) is 43.3 Å². The van der Waals surface area contributed by atoms with E-state index in [-0.39, 0.29) is 24.3 Å². The zero-order chi connectivity index (χ0) is 21.7. The normalized spacial score (nSPS) is 13.3. The van der Waals surface area contributed by atoms with Crippen LogP contribution < -0.4 is 15.0 Å². The van der Waals surface area contributed by atoms with E-state index >= 15 is 0 Å². The Hall–Kier alpha value is -2.87. The van der Waals surface area contributed by atoms with Crippen LogP contribution in [-0.4, -0.2) is 49.9 Å². The van der Waals surface area contributed by atoms with Gasteiger partial charge in [0.1, 0.15) is 5.75 Å². The summed E-state index contributed by atoms with van der Waals surface area (Å²) in [6.07, 6.45) is 1.41. The van der Waals surface area contributed by atoms with Gasteiger partial charge >= 0.3 is 0 Å². The summed E-state index contributed by atoms with van der Waals surface area (Å²) in [7, 11) is 3.26. The third kappa shape index (κ3) is 5.18. The minimum atomic E-state index is -0.337. The van der Waals surface area contributed by atoms with Crippen molar-refractivity contribution in [2.75, 3.05) is 32.1 Å². The van der Waals surface area contributed by atoms with Gasteiger partial charge in [-0.2, -0.15) is 0 Å². The highest BCUT2D eigenvalue weighted by Crippen LogP contribution is 2.24. The van der Waals surface area contributed by atoms with Crippen LogP contribution in [0, 0.1) is 0 Å². The molecule has 3 amide bonds. The van der Waals surface area contributed by atoms with Crippen molar-refractivity contribution >= 4 is 39.3 Å². The Bertz CT molecular complexity index is 946. The van der Waals surface area contributed by atoms with Gasteiger partial charge in [-0.15, -0.1) is 0 Å². The molecule has 1 aliphatic heterocycles. The Morgan fingerprint density at radius 3 is 2.57 bits per heavy atom. The zero-order valence-electron chi connectivity index (χ0n) is 17.0. The number of likely N-dealkylation sites (N-methyl/N-ethyl adjacent to an activating group) is 1. The van der Waals surface area contributed by atoms with Crippen LogP contribution in [0.4, 0.5) is 5.69 Å².